The number of nitrogens with zero attached hydrogens (tertiary/aromatic N) is 1. The van der Waals surface area contributed by atoms with E-state index in [2.05, 4.69) is 10.4 Å². The van der Waals surface area contributed by atoms with Crippen LogP contribution in [0.1, 0.15) is 23.9 Å². The molecule has 138 valence electrons. The summed E-state index contributed by atoms with van der Waals surface area (Å²) in [4.78, 5) is 11.0. The third-order valence-electron chi connectivity index (χ3n) is 2.55. The van der Waals surface area contributed by atoms with Crippen LogP contribution < -0.4 is 10.00 Å². The van der Waals surface area contributed by atoms with Crippen LogP contribution >= 0.6 is 19.4 Å². The molecule has 2 N–H and O–H groups in total. The molecule has 0 radical (unpaired) electrons. The molecule has 0 aliphatic rings. The number of rotatable bonds is 4. The van der Waals surface area contributed by atoms with Crippen molar-refractivity contribution in [2.75, 3.05) is 0 Å². The van der Waals surface area contributed by atoms with E-state index in [1.165, 1.54) is 0 Å². The molecular formula is C10H16ClF7N3OP. The van der Waals surface area contributed by atoms with Gasteiger partial charge in [0.25, 0.3) is 11.5 Å². The van der Waals surface area contributed by atoms with E-state index in [0.717, 1.165) is 23.5 Å². The van der Waals surface area contributed by atoms with Gasteiger partial charge in [-0.3, -0.25) is 4.79 Å². The van der Waals surface area contributed by atoms with Crippen LogP contribution in [0.15, 0.2) is 0 Å². The molecule has 0 aliphatic carbocycles. The molecule has 0 saturated heterocycles. The molecule has 23 heavy (non-hydrogen) atoms. The zero-order valence-corrected chi connectivity index (χ0v) is 14.0. The zero-order valence-electron chi connectivity index (χ0n) is 12.3. The van der Waals surface area contributed by atoms with Crippen LogP contribution in [-0.4, -0.2) is 16.6 Å². The molecule has 1 atom stereocenters. The Morgan fingerprint density at radius 1 is 1.26 bits per heavy atom. The second-order valence-electron chi connectivity index (χ2n) is 4.52. The number of carbonyl (C=O) groups excluding carboxylic acids is 1. The number of aromatic nitrogens is 2. The van der Waals surface area contributed by atoms with Gasteiger partial charge in [-0.1, -0.05) is 11.6 Å². The van der Waals surface area contributed by atoms with Crippen LogP contribution in [0.3, 0.4) is 0 Å². The quantitative estimate of drug-likeness (QED) is 0.337. The maximum absolute atomic E-state index is 12.4. The molecule has 1 aromatic heterocycles. The summed E-state index contributed by atoms with van der Waals surface area (Å²) in [5.74, 6) is -0.801. The number of hydrogen-bond acceptors (Lipinski definition) is 1. The van der Waals surface area contributed by atoms with E-state index >= 15 is 0 Å². The molecule has 4 nitrogen and oxygen atoms in total. The molecule has 1 heterocycles. The number of hydrogen-bond donors (Lipinski definition) is 2. The Kier molecular flexibility index (Phi) is 6.12. The Morgan fingerprint density at radius 3 is 2.00 bits per heavy atom. The molecule has 1 amide bonds. The summed E-state index contributed by atoms with van der Waals surface area (Å²) < 4.78 is 73.6. The Bertz CT molecular complexity index is 559. The van der Waals surface area contributed by atoms with E-state index in [0.29, 0.717) is 0 Å². The van der Waals surface area contributed by atoms with Crippen LogP contribution in [-0.2, 0) is 17.9 Å². The monoisotopic (exact) mass is 393 g/mol. The second kappa shape index (κ2) is 6.43. The summed E-state index contributed by atoms with van der Waals surface area (Å²) in [6.07, 6.45) is 0. The fourth-order valence-electron chi connectivity index (χ4n) is 1.62. The number of amides is 1. The summed E-state index contributed by atoms with van der Waals surface area (Å²) in [5, 5.41) is 5.59. The molecule has 0 fully saturated rings. The van der Waals surface area contributed by atoms with Gasteiger partial charge in [-0.05, 0) is 13.8 Å². The van der Waals surface area contributed by atoms with Crippen molar-refractivity contribution in [3.8, 4) is 0 Å². The van der Waals surface area contributed by atoms with Gasteiger partial charge in [0.1, 0.15) is 0 Å². The number of carbonyl (C=O) groups is 1. The summed E-state index contributed by atoms with van der Waals surface area (Å²) in [5.41, 5.74) is 0.972. The van der Waals surface area contributed by atoms with Crippen molar-refractivity contribution in [1.82, 2.24) is 10.4 Å². The number of H-pyrrole nitrogens is 1. The normalized spacial score (nSPS) is 15.8. The molecule has 1 unspecified atom stereocenters. The van der Waals surface area contributed by atoms with Gasteiger partial charge in [0.15, 0.2) is 6.54 Å². The first-order valence-corrected chi connectivity index (χ1v) is 8.59. The zero-order chi connectivity index (χ0) is 18.7. The van der Waals surface area contributed by atoms with Gasteiger partial charge in [0, 0.05) is 6.92 Å². The van der Waals surface area contributed by atoms with Crippen molar-refractivity contribution in [1.29, 1.82) is 0 Å². The average molecular weight is 394 g/mol. The summed E-state index contributed by atoms with van der Waals surface area (Å²) >= 11 is 5.01. The van der Waals surface area contributed by atoms with Gasteiger partial charge in [-0.2, -0.15) is 5.10 Å². The predicted molar refractivity (Wildman–Crippen MR) is 72.3 cm³/mol. The van der Waals surface area contributed by atoms with Crippen LogP contribution in [0.25, 0.3) is 0 Å². The van der Waals surface area contributed by atoms with E-state index in [1.807, 2.05) is 25.5 Å². The van der Waals surface area contributed by atoms with Gasteiger partial charge in [-0.25, -0.2) is 4.39 Å². The standard InChI is InChI=1S/C10H15ClFN3O.F6P/c1-4-15-7(3)8(6(2)14-15)5-13-10(16)9(11)12;1-7(2,3,4,5)6/h9H,4-5H2,1-3H3,(H,13,16);/q;-1/p+1. The molecule has 0 spiro atoms. The first-order valence-electron chi connectivity index (χ1n) is 6.12. The van der Waals surface area contributed by atoms with Gasteiger partial charge in [0.05, 0.1) is 17.8 Å². The Morgan fingerprint density at radius 2 is 1.70 bits per heavy atom. The first kappa shape index (κ1) is 21.9. The van der Waals surface area contributed by atoms with Crippen molar-refractivity contribution >= 4 is 25.3 Å². The molecule has 0 bridgehead atoms. The van der Waals surface area contributed by atoms with E-state index in [1.54, 1.807) is 0 Å². The first-order chi connectivity index (χ1) is 9.92. The van der Waals surface area contributed by atoms with E-state index < -0.39 is 19.3 Å². The summed E-state index contributed by atoms with van der Waals surface area (Å²) in [6.45, 7) is 6.98. The molecule has 0 aromatic carbocycles. The van der Waals surface area contributed by atoms with Crippen LogP contribution in [0, 0.1) is 13.8 Å². The van der Waals surface area contributed by atoms with Crippen molar-refractivity contribution < 1.29 is 39.0 Å². The Balaban J connectivity index is 0.000000585. The van der Waals surface area contributed by atoms with Crippen molar-refractivity contribution in [3.05, 3.63) is 17.0 Å². The molecule has 1 rings (SSSR count). The minimum atomic E-state index is -10.7. The molecule has 0 saturated carbocycles. The number of aromatic amines is 1. The summed E-state index contributed by atoms with van der Waals surface area (Å²) in [7, 11) is -10.7. The number of nitrogens with one attached hydrogen (secondary N) is 2. The van der Waals surface area contributed by atoms with Crippen molar-refractivity contribution in [2.45, 2.75) is 39.5 Å². The van der Waals surface area contributed by atoms with Crippen LogP contribution in [0.2, 0.25) is 0 Å². The molecule has 0 aliphatic heterocycles. The van der Waals surface area contributed by atoms with E-state index in [9.17, 15) is 34.4 Å². The SMILES string of the molecule is CC[n+]1[nH]c(C)c(CNC(=O)C(F)Cl)c1C.F[P-](F)(F)(F)(F)F. The van der Waals surface area contributed by atoms with E-state index in [4.69, 9.17) is 11.6 Å². The minimum absolute atomic E-state index is 0.285. The van der Waals surface area contributed by atoms with Crippen LogP contribution in [0.5, 0.6) is 0 Å². The van der Waals surface area contributed by atoms with Crippen molar-refractivity contribution in [2.24, 2.45) is 0 Å². The fraction of sp³-hybridized carbons (Fsp3) is 0.600. The maximum atomic E-state index is 12.4. The second-order valence-corrected chi connectivity index (χ2v) is 6.82. The number of alkyl halides is 2. The number of halogens is 8. The average Bonchev–Trinajstić information content (AvgIpc) is 2.57. The van der Waals surface area contributed by atoms with Gasteiger partial charge < -0.3 is 5.32 Å². The molecule has 13 heteroatoms. The third-order valence-corrected chi connectivity index (χ3v) is 2.75. The predicted octanol–water partition coefficient (Wildman–Crippen LogP) is 4.47. The molecule has 1 aromatic rings. The topological polar surface area (TPSA) is 48.8 Å². The third kappa shape index (κ3) is 11.1. The van der Waals surface area contributed by atoms with Gasteiger partial charge in [-0.15, -0.1) is 4.68 Å². The summed E-state index contributed by atoms with van der Waals surface area (Å²) in [6, 6.07) is 0. The Labute approximate surface area is 132 Å². The number of aryl methyl sites for hydroxylation is 2. The molecular weight excluding hydrogens is 378 g/mol. The Hall–Kier alpha value is -1.09. The fourth-order valence-corrected chi connectivity index (χ4v) is 1.69. The van der Waals surface area contributed by atoms with Gasteiger partial charge in [0.2, 0.25) is 5.69 Å². The van der Waals surface area contributed by atoms with E-state index in [-0.39, 0.29) is 6.54 Å². The van der Waals surface area contributed by atoms with Gasteiger partial charge >= 0.3 is 33.0 Å². The van der Waals surface area contributed by atoms with Crippen LogP contribution in [0.4, 0.5) is 29.6 Å². The van der Waals surface area contributed by atoms with Crippen molar-refractivity contribution in [3.63, 3.8) is 0 Å².